The molecule has 2 aromatic heterocycles. The summed E-state index contributed by atoms with van der Waals surface area (Å²) in [7, 11) is 0. The lowest BCUT2D eigenvalue weighted by atomic mass is 10.4. The molecule has 0 bridgehead atoms. The molecule has 0 aromatic carbocycles. The van der Waals surface area contributed by atoms with Gasteiger partial charge in [0.05, 0.1) is 12.0 Å². The predicted octanol–water partition coefficient (Wildman–Crippen LogP) is 1.42. The number of imidazole rings is 1. The monoisotopic (exact) mass is 245 g/mol. The molecule has 1 saturated carbocycles. The summed E-state index contributed by atoms with van der Waals surface area (Å²) >= 11 is 0. The van der Waals surface area contributed by atoms with E-state index in [0.29, 0.717) is 0 Å². The Bertz CT molecular complexity index is 469. The van der Waals surface area contributed by atoms with E-state index in [1.807, 2.05) is 35.7 Å². The lowest BCUT2D eigenvalue weighted by Crippen LogP contribution is -2.18. The van der Waals surface area contributed by atoms with Gasteiger partial charge in [-0.15, -0.1) is 0 Å². The predicted molar refractivity (Wildman–Crippen MR) is 68.9 cm³/mol. The number of aryl methyl sites for hydroxylation is 2. The van der Waals surface area contributed by atoms with Crippen LogP contribution in [0.1, 0.15) is 25.0 Å². The molecular weight excluding hydrogens is 226 g/mol. The summed E-state index contributed by atoms with van der Waals surface area (Å²) in [6.45, 7) is 2.90. The number of hydrogen-bond donors (Lipinski definition) is 1. The Hall–Kier alpha value is -1.62. The van der Waals surface area contributed by atoms with Crippen molar-refractivity contribution in [2.24, 2.45) is 0 Å². The molecule has 0 unspecified atom stereocenters. The van der Waals surface area contributed by atoms with Crippen molar-refractivity contribution in [2.45, 2.75) is 44.9 Å². The quantitative estimate of drug-likeness (QED) is 0.802. The molecule has 0 radical (unpaired) electrons. The van der Waals surface area contributed by atoms with Crippen molar-refractivity contribution in [3.63, 3.8) is 0 Å². The number of nitrogens with zero attached hydrogens (tertiary/aromatic N) is 4. The van der Waals surface area contributed by atoms with E-state index in [-0.39, 0.29) is 0 Å². The topological polar surface area (TPSA) is 47.7 Å². The van der Waals surface area contributed by atoms with Crippen molar-refractivity contribution in [1.29, 1.82) is 0 Å². The van der Waals surface area contributed by atoms with Gasteiger partial charge in [0.25, 0.3) is 0 Å². The molecular formula is C13H19N5. The molecule has 96 valence electrons. The third kappa shape index (κ3) is 2.98. The molecule has 5 heteroatoms. The van der Waals surface area contributed by atoms with Gasteiger partial charge in [-0.1, -0.05) is 0 Å². The highest BCUT2D eigenvalue weighted by Crippen LogP contribution is 2.19. The van der Waals surface area contributed by atoms with Crippen LogP contribution in [0, 0.1) is 0 Å². The summed E-state index contributed by atoms with van der Waals surface area (Å²) in [5.41, 5.74) is 1.28. The molecule has 1 aliphatic rings. The summed E-state index contributed by atoms with van der Waals surface area (Å²) in [4.78, 5) is 4.24. The van der Waals surface area contributed by atoms with Gasteiger partial charge < -0.3 is 9.88 Å². The van der Waals surface area contributed by atoms with E-state index >= 15 is 0 Å². The van der Waals surface area contributed by atoms with Crippen LogP contribution in [0.15, 0.2) is 31.0 Å². The highest BCUT2D eigenvalue weighted by molar-refractivity contribution is 4.99. The SMILES string of the molecule is c1cnn(CCCn2cncc2CNC2CC2)c1. The lowest BCUT2D eigenvalue weighted by molar-refractivity contribution is 0.512. The van der Waals surface area contributed by atoms with Crippen molar-refractivity contribution < 1.29 is 0 Å². The molecule has 1 aliphatic carbocycles. The van der Waals surface area contributed by atoms with Crippen LogP contribution in [0.3, 0.4) is 0 Å². The molecule has 0 aliphatic heterocycles. The third-order valence-electron chi connectivity index (χ3n) is 3.29. The summed E-state index contributed by atoms with van der Waals surface area (Å²) < 4.78 is 4.21. The molecule has 5 nitrogen and oxygen atoms in total. The number of aromatic nitrogens is 4. The molecule has 1 N–H and O–H groups in total. The standard InChI is InChI=1S/C13H19N5/c1-5-16-18(7-1)8-2-6-17-11-14-9-13(17)10-15-12-3-4-12/h1,5,7,9,11-12,15H,2-4,6,8,10H2. The fourth-order valence-corrected chi connectivity index (χ4v) is 2.07. The fourth-order valence-electron chi connectivity index (χ4n) is 2.07. The van der Waals surface area contributed by atoms with E-state index in [9.17, 15) is 0 Å². The number of rotatable bonds is 7. The van der Waals surface area contributed by atoms with E-state index in [1.54, 1.807) is 0 Å². The smallest absolute Gasteiger partial charge is 0.0948 e. The van der Waals surface area contributed by atoms with Crippen LogP contribution in [0.2, 0.25) is 0 Å². The Morgan fingerprint density at radius 3 is 3.06 bits per heavy atom. The van der Waals surface area contributed by atoms with Crippen molar-refractivity contribution in [1.82, 2.24) is 24.6 Å². The van der Waals surface area contributed by atoms with Crippen molar-refractivity contribution in [2.75, 3.05) is 0 Å². The second-order valence-corrected chi connectivity index (χ2v) is 4.86. The first kappa shape index (κ1) is 11.5. The largest absolute Gasteiger partial charge is 0.333 e. The second kappa shape index (κ2) is 5.35. The maximum Gasteiger partial charge on any atom is 0.0948 e. The zero-order valence-corrected chi connectivity index (χ0v) is 10.5. The third-order valence-corrected chi connectivity index (χ3v) is 3.29. The summed E-state index contributed by atoms with van der Waals surface area (Å²) in [6.07, 6.45) is 11.4. The van der Waals surface area contributed by atoms with E-state index in [4.69, 9.17) is 0 Å². The van der Waals surface area contributed by atoms with Gasteiger partial charge in [-0.2, -0.15) is 5.10 Å². The zero-order chi connectivity index (χ0) is 12.2. The number of hydrogen-bond acceptors (Lipinski definition) is 3. The Morgan fingerprint density at radius 2 is 2.28 bits per heavy atom. The Morgan fingerprint density at radius 1 is 1.33 bits per heavy atom. The van der Waals surface area contributed by atoms with Crippen LogP contribution in [-0.4, -0.2) is 25.4 Å². The summed E-state index contributed by atoms with van der Waals surface area (Å²) in [5, 5.41) is 7.73. The van der Waals surface area contributed by atoms with Gasteiger partial charge in [-0.3, -0.25) is 4.68 Å². The molecule has 0 saturated heterocycles. The first-order valence-corrected chi connectivity index (χ1v) is 6.61. The van der Waals surface area contributed by atoms with Gasteiger partial charge in [0.15, 0.2) is 0 Å². The van der Waals surface area contributed by atoms with Crippen LogP contribution in [0.5, 0.6) is 0 Å². The zero-order valence-electron chi connectivity index (χ0n) is 10.5. The van der Waals surface area contributed by atoms with Gasteiger partial charge in [-0.25, -0.2) is 4.98 Å². The van der Waals surface area contributed by atoms with Gasteiger partial charge in [-0.05, 0) is 25.3 Å². The van der Waals surface area contributed by atoms with Crippen LogP contribution in [-0.2, 0) is 19.6 Å². The maximum absolute atomic E-state index is 4.24. The van der Waals surface area contributed by atoms with Gasteiger partial charge in [0.2, 0.25) is 0 Å². The van der Waals surface area contributed by atoms with Crippen LogP contribution >= 0.6 is 0 Å². The minimum Gasteiger partial charge on any atom is -0.333 e. The first-order valence-electron chi connectivity index (χ1n) is 6.61. The summed E-state index contributed by atoms with van der Waals surface area (Å²) in [6, 6.07) is 2.71. The first-order chi connectivity index (χ1) is 8.92. The minimum atomic E-state index is 0.748. The van der Waals surface area contributed by atoms with Crippen LogP contribution < -0.4 is 5.32 Å². The Labute approximate surface area is 107 Å². The number of nitrogens with one attached hydrogen (secondary N) is 1. The highest BCUT2D eigenvalue weighted by atomic mass is 15.3. The van der Waals surface area contributed by atoms with Gasteiger partial charge in [0, 0.05) is 44.3 Å². The van der Waals surface area contributed by atoms with Gasteiger partial charge in [0.1, 0.15) is 0 Å². The second-order valence-electron chi connectivity index (χ2n) is 4.86. The average molecular weight is 245 g/mol. The molecule has 0 atom stereocenters. The van der Waals surface area contributed by atoms with E-state index in [0.717, 1.165) is 32.1 Å². The fraction of sp³-hybridized carbons (Fsp3) is 0.538. The van der Waals surface area contributed by atoms with Crippen molar-refractivity contribution in [3.8, 4) is 0 Å². The van der Waals surface area contributed by atoms with Crippen LogP contribution in [0.4, 0.5) is 0 Å². The normalized spacial score (nSPS) is 15.1. The molecule has 3 rings (SSSR count). The summed E-state index contributed by atoms with van der Waals surface area (Å²) in [5.74, 6) is 0. The Kier molecular flexibility index (Phi) is 3.41. The van der Waals surface area contributed by atoms with E-state index in [1.165, 1.54) is 18.5 Å². The molecule has 0 spiro atoms. The van der Waals surface area contributed by atoms with Crippen molar-refractivity contribution >= 4 is 0 Å². The molecule has 18 heavy (non-hydrogen) atoms. The Balaban J connectivity index is 1.47. The minimum absolute atomic E-state index is 0.748. The van der Waals surface area contributed by atoms with E-state index in [2.05, 4.69) is 20.0 Å². The molecule has 0 amide bonds. The van der Waals surface area contributed by atoms with Gasteiger partial charge >= 0.3 is 0 Å². The van der Waals surface area contributed by atoms with Crippen molar-refractivity contribution in [3.05, 3.63) is 36.7 Å². The van der Waals surface area contributed by atoms with Crippen LogP contribution in [0.25, 0.3) is 0 Å². The average Bonchev–Trinajstić information content (AvgIpc) is 2.89. The lowest BCUT2D eigenvalue weighted by Gasteiger charge is -2.08. The molecule has 2 aromatic rings. The highest BCUT2D eigenvalue weighted by Gasteiger charge is 2.20. The maximum atomic E-state index is 4.24. The molecule has 2 heterocycles. The van der Waals surface area contributed by atoms with E-state index < -0.39 is 0 Å². The molecule has 1 fully saturated rings.